The van der Waals surface area contributed by atoms with Crippen LogP contribution in [0.15, 0.2) is 18.2 Å². The van der Waals surface area contributed by atoms with E-state index < -0.39 is 23.2 Å². The Labute approximate surface area is 105 Å². The Morgan fingerprint density at radius 1 is 1.22 bits per heavy atom. The molecule has 18 heavy (non-hydrogen) atoms. The molecule has 5 heteroatoms. The summed E-state index contributed by atoms with van der Waals surface area (Å²) in [5.41, 5.74) is -0.543. The molecule has 0 N–H and O–H groups in total. The third kappa shape index (κ3) is 5.12. The lowest BCUT2D eigenvalue weighted by atomic mass is 10.2. The largest absolute Gasteiger partial charge is 0.493 e. The van der Waals surface area contributed by atoms with Gasteiger partial charge in [-0.2, -0.15) is 0 Å². The van der Waals surface area contributed by atoms with E-state index in [-0.39, 0.29) is 18.8 Å². The molecule has 0 aliphatic rings. The van der Waals surface area contributed by atoms with E-state index >= 15 is 0 Å². The second-order valence-electron chi connectivity index (χ2n) is 4.76. The average Bonchev–Trinajstić information content (AvgIpc) is 2.20. The normalized spacial score (nSPS) is 11.2. The highest BCUT2D eigenvalue weighted by atomic mass is 19.2. The van der Waals surface area contributed by atoms with E-state index in [4.69, 9.17) is 9.47 Å². The van der Waals surface area contributed by atoms with Crippen molar-refractivity contribution < 1.29 is 23.0 Å². The van der Waals surface area contributed by atoms with Crippen molar-refractivity contribution in [1.29, 1.82) is 0 Å². The number of hydrogen-bond donors (Lipinski definition) is 0. The molecule has 0 fully saturated rings. The van der Waals surface area contributed by atoms with Crippen LogP contribution in [-0.4, -0.2) is 18.2 Å². The molecule has 0 saturated carbocycles. The molecule has 1 aromatic carbocycles. The molecule has 0 aliphatic carbocycles. The lowest BCUT2D eigenvalue weighted by molar-refractivity contribution is -0.155. The molecule has 0 spiro atoms. The van der Waals surface area contributed by atoms with Crippen LogP contribution in [0.25, 0.3) is 0 Å². The number of hydrogen-bond acceptors (Lipinski definition) is 3. The third-order valence-electron chi connectivity index (χ3n) is 1.89. The van der Waals surface area contributed by atoms with Crippen LogP contribution in [0.4, 0.5) is 8.78 Å². The molecular weight excluding hydrogens is 242 g/mol. The van der Waals surface area contributed by atoms with Gasteiger partial charge in [-0.1, -0.05) is 0 Å². The van der Waals surface area contributed by atoms with Gasteiger partial charge in [-0.05, 0) is 32.9 Å². The molecule has 0 aromatic heterocycles. The van der Waals surface area contributed by atoms with Gasteiger partial charge in [0.15, 0.2) is 11.6 Å². The smallest absolute Gasteiger partial charge is 0.309 e. The highest BCUT2D eigenvalue weighted by Gasteiger charge is 2.16. The van der Waals surface area contributed by atoms with E-state index in [0.29, 0.717) is 0 Å². The predicted molar refractivity (Wildman–Crippen MR) is 62.3 cm³/mol. The first-order valence-corrected chi connectivity index (χ1v) is 5.57. The fraction of sp³-hybridized carbons (Fsp3) is 0.462. The standard InChI is InChI=1S/C13H16F2O3/c1-13(2,3)18-12(16)6-7-17-9-4-5-10(14)11(15)8-9/h4-5,8H,6-7H2,1-3H3. The first kappa shape index (κ1) is 14.4. The van der Waals surface area contributed by atoms with Gasteiger partial charge in [0.2, 0.25) is 0 Å². The van der Waals surface area contributed by atoms with Crippen molar-refractivity contribution in [2.75, 3.05) is 6.61 Å². The van der Waals surface area contributed by atoms with Gasteiger partial charge >= 0.3 is 5.97 Å². The summed E-state index contributed by atoms with van der Waals surface area (Å²) in [7, 11) is 0. The first-order valence-electron chi connectivity index (χ1n) is 5.57. The summed E-state index contributed by atoms with van der Waals surface area (Å²) < 4.78 is 35.7. The Bertz CT molecular complexity index is 425. The summed E-state index contributed by atoms with van der Waals surface area (Å²) >= 11 is 0. The molecule has 0 bridgehead atoms. The minimum atomic E-state index is -0.982. The molecule has 0 heterocycles. The summed E-state index contributed by atoms with van der Waals surface area (Å²) in [5, 5.41) is 0. The number of carbonyl (C=O) groups is 1. The van der Waals surface area contributed by atoms with Gasteiger partial charge in [-0.25, -0.2) is 8.78 Å². The van der Waals surface area contributed by atoms with E-state index in [9.17, 15) is 13.6 Å². The molecule has 0 atom stereocenters. The number of benzene rings is 1. The van der Waals surface area contributed by atoms with Crippen molar-refractivity contribution in [2.45, 2.75) is 32.8 Å². The Morgan fingerprint density at radius 2 is 1.89 bits per heavy atom. The summed E-state index contributed by atoms with van der Waals surface area (Å²) in [5.74, 6) is -2.14. The van der Waals surface area contributed by atoms with Crippen LogP contribution in [0.2, 0.25) is 0 Å². The zero-order valence-electron chi connectivity index (χ0n) is 10.6. The van der Waals surface area contributed by atoms with Crippen molar-refractivity contribution in [3.63, 3.8) is 0 Å². The van der Waals surface area contributed by atoms with Crippen molar-refractivity contribution in [3.8, 4) is 5.75 Å². The number of ether oxygens (including phenoxy) is 2. The SMILES string of the molecule is CC(C)(C)OC(=O)CCOc1ccc(F)c(F)c1. The van der Waals surface area contributed by atoms with Crippen molar-refractivity contribution >= 4 is 5.97 Å². The Hall–Kier alpha value is -1.65. The van der Waals surface area contributed by atoms with E-state index in [1.165, 1.54) is 6.07 Å². The van der Waals surface area contributed by atoms with Crippen LogP contribution in [0, 0.1) is 11.6 Å². The lowest BCUT2D eigenvalue weighted by Gasteiger charge is -2.19. The highest BCUT2D eigenvalue weighted by molar-refractivity contribution is 5.69. The molecule has 0 unspecified atom stereocenters. The zero-order chi connectivity index (χ0) is 13.8. The van der Waals surface area contributed by atoms with Crippen LogP contribution >= 0.6 is 0 Å². The monoisotopic (exact) mass is 258 g/mol. The number of carbonyl (C=O) groups excluding carboxylic acids is 1. The second kappa shape index (κ2) is 5.80. The first-order chi connectivity index (χ1) is 8.28. The van der Waals surface area contributed by atoms with Gasteiger partial charge in [-0.15, -0.1) is 0 Å². The van der Waals surface area contributed by atoms with Gasteiger partial charge < -0.3 is 9.47 Å². The average molecular weight is 258 g/mol. The van der Waals surface area contributed by atoms with Crippen LogP contribution in [0.5, 0.6) is 5.75 Å². The highest BCUT2D eigenvalue weighted by Crippen LogP contribution is 2.16. The van der Waals surface area contributed by atoms with Crippen molar-refractivity contribution in [3.05, 3.63) is 29.8 Å². The third-order valence-corrected chi connectivity index (χ3v) is 1.89. The van der Waals surface area contributed by atoms with Gasteiger partial charge in [0.1, 0.15) is 11.4 Å². The maximum atomic E-state index is 12.8. The van der Waals surface area contributed by atoms with Gasteiger partial charge in [0, 0.05) is 6.07 Å². The number of esters is 1. The zero-order valence-corrected chi connectivity index (χ0v) is 10.6. The Morgan fingerprint density at radius 3 is 2.44 bits per heavy atom. The molecule has 100 valence electrons. The van der Waals surface area contributed by atoms with E-state index in [0.717, 1.165) is 12.1 Å². The minimum Gasteiger partial charge on any atom is -0.493 e. The molecule has 0 radical (unpaired) electrons. The fourth-order valence-corrected chi connectivity index (χ4v) is 1.21. The molecule has 0 saturated heterocycles. The van der Waals surface area contributed by atoms with Crippen LogP contribution in [0.3, 0.4) is 0 Å². The maximum absolute atomic E-state index is 12.8. The van der Waals surface area contributed by atoms with E-state index in [1.54, 1.807) is 20.8 Å². The van der Waals surface area contributed by atoms with Crippen molar-refractivity contribution in [2.24, 2.45) is 0 Å². The molecular formula is C13H16F2O3. The van der Waals surface area contributed by atoms with Gasteiger partial charge in [-0.3, -0.25) is 4.79 Å². The molecule has 0 amide bonds. The number of halogens is 2. The quantitative estimate of drug-likeness (QED) is 0.778. The molecule has 1 aromatic rings. The summed E-state index contributed by atoms with van der Waals surface area (Å²) in [6.07, 6.45) is 0.0519. The van der Waals surface area contributed by atoms with Crippen molar-refractivity contribution in [1.82, 2.24) is 0 Å². The molecule has 3 nitrogen and oxygen atoms in total. The summed E-state index contributed by atoms with van der Waals surface area (Å²) in [6.45, 7) is 5.35. The topological polar surface area (TPSA) is 35.5 Å². The Kier molecular flexibility index (Phi) is 4.64. The summed E-state index contributed by atoms with van der Waals surface area (Å²) in [4.78, 5) is 11.3. The van der Waals surface area contributed by atoms with E-state index in [2.05, 4.69) is 0 Å². The van der Waals surface area contributed by atoms with E-state index in [1.807, 2.05) is 0 Å². The van der Waals surface area contributed by atoms with Gasteiger partial charge in [0.05, 0.1) is 13.0 Å². The second-order valence-corrected chi connectivity index (χ2v) is 4.76. The molecule has 1 rings (SSSR count). The maximum Gasteiger partial charge on any atom is 0.309 e. The predicted octanol–water partition coefficient (Wildman–Crippen LogP) is 3.08. The minimum absolute atomic E-state index is 0.0519. The van der Waals surface area contributed by atoms with Crippen LogP contribution < -0.4 is 4.74 Å². The lowest BCUT2D eigenvalue weighted by Crippen LogP contribution is -2.24. The summed E-state index contributed by atoms with van der Waals surface area (Å²) in [6, 6.07) is 3.20. The molecule has 0 aliphatic heterocycles. The van der Waals surface area contributed by atoms with Crippen LogP contribution in [-0.2, 0) is 9.53 Å². The Balaban J connectivity index is 2.38. The fourth-order valence-electron chi connectivity index (χ4n) is 1.21. The van der Waals surface area contributed by atoms with Crippen LogP contribution in [0.1, 0.15) is 27.2 Å². The van der Waals surface area contributed by atoms with Gasteiger partial charge in [0.25, 0.3) is 0 Å². The number of rotatable bonds is 4.